The second-order valence-electron chi connectivity index (χ2n) is 5.23. The van der Waals surface area contributed by atoms with Gasteiger partial charge in [0, 0.05) is 19.5 Å². The quantitative estimate of drug-likeness (QED) is 0.853. The molecule has 4 nitrogen and oxygen atoms in total. The van der Waals surface area contributed by atoms with Gasteiger partial charge in [0.25, 0.3) is 0 Å². The number of aromatic nitrogens is 1. The molecule has 1 aliphatic heterocycles. The Bertz CT molecular complexity index is 649. The standard InChI is InChI=1S/C16H17N3OS/c1-18(2)16(20)19-9-13(14-10-21-11-17-14)8-15(19)12-6-4-3-5-7-12/h3-8,10-11,15H,9H2,1-2H3/t15-/m0/s1. The predicted octanol–water partition coefficient (Wildman–Crippen LogP) is 3.27. The lowest BCUT2D eigenvalue weighted by Gasteiger charge is -2.28. The van der Waals surface area contributed by atoms with E-state index in [9.17, 15) is 4.79 Å². The molecule has 3 rings (SSSR count). The Labute approximate surface area is 128 Å². The van der Waals surface area contributed by atoms with E-state index in [2.05, 4.69) is 23.2 Å². The lowest BCUT2D eigenvalue weighted by atomic mass is 10.1. The summed E-state index contributed by atoms with van der Waals surface area (Å²) in [5.41, 5.74) is 5.03. The molecule has 1 atom stereocenters. The van der Waals surface area contributed by atoms with Gasteiger partial charge in [-0.25, -0.2) is 9.78 Å². The van der Waals surface area contributed by atoms with Gasteiger partial charge < -0.3 is 9.80 Å². The Hall–Kier alpha value is -2.14. The average Bonchev–Trinajstić information content (AvgIpc) is 3.16. The van der Waals surface area contributed by atoms with Crippen LogP contribution in [0, 0.1) is 0 Å². The summed E-state index contributed by atoms with van der Waals surface area (Å²) in [7, 11) is 3.57. The molecule has 0 saturated carbocycles. The molecule has 1 aliphatic rings. The Balaban J connectivity index is 1.96. The van der Waals surface area contributed by atoms with E-state index in [1.54, 1.807) is 30.3 Å². The molecule has 0 fully saturated rings. The molecule has 21 heavy (non-hydrogen) atoms. The van der Waals surface area contributed by atoms with Crippen LogP contribution < -0.4 is 0 Å². The van der Waals surface area contributed by atoms with Crippen molar-refractivity contribution in [3.8, 4) is 0 Å². The minimum Gasteiger partial charge on any atom is -0.331 e. The maximum atomic E-state index is 12.4. The van der Waals surface area contributed by atoms with Crippen molar-refractivity contribution in [2.75, 3.05) is 20.6 Å². The number of hydrogen-bond donors (Lipinski definition) is 0. The number of hydrogen-bond acceptors (Lipinski definition) is 3. The number of rotatable bonds is 2. The molecule has 2 heterocycles. The molecule has 1 aromatic carbocycles. The van der Waals surface area contributed by atoms with Gasteiger partial charge in [-0.2, -0.15) is 0 Å². The first-order valence-corrected chi connectivity index (χ1v) is 7.73. The van der Waals surface area contributed by atoms with Gasteiger partial charge in [-0.1, -0.05) is 36.4 Å². The minimum atomic E-state index is -0.0298. The van der Waals surface area contributed by atoms with E-state index in [4.69, 9.17) is 0 Å². The van der Waals surface area contributed by atoms with Crippen LogP contribution in [-0.4, -0.2) is 41.5 Å². The molecule has 2 amide bonds. The third kappa shape index (κ3) is 2.69. The predicted molar refractivity (Wildman–Crippen MR) is 85.1 cm³/mol. The Morgan fingerprint density at radius 1 is 1.33 bits per heavy atom. The van der Waals surface area contributed by atoms with Gasteiger partial charge in [0.15, 0.2) is 0 Å². The number of benzene rings is 1. The van der Waals surface area contributed by atoms with E-state index in [0.717, 1.165) is 16.8 Å². The van der Waals surface area contributed by atoms with Crippen molar-refractivity contribution in [1.29, 1.82) is 0 Å². The summed E-state index contributed by atoms with van der Waals surface area (Å²) in [6, 6.07) is 10.1. The van der Waals surface area contributed by atoms with Gasteiger partial charge in [-0.05, 0) is 11.1 Å². The summed E-state index contributed by atoms with van der Waals surface area (Å²) < 4.78 is 0. The molecule has 5 heteroatoms. The first-order chi connectivity index (χ1) is 10.2. The number of amides is 2. The van der Waals surface area contributed by atoms with Crippen molar-refractivity contribution in [2.24, 2.45) is 0 Å². The van der Waals surface area contributed by atoms with Gasteiger partial charge in [-0.15, -0.1) is 11.3 Å². The van der Waals surface area contributed by atoms with Gasteiger partial charge in [0.05, 0.1) is 23.8 Å². The highest BCUT2D eigenvalue weighted by Gasteiger charge is 2.31. The SMILES string of the molecule is CN(C)C(=O)N1CC(c2cscn2)=C[C@H]1c1ccccc1. The molecule has 1 aromatic heterocycles. The van der Waals surface area contributed by atoms with Crippen molar-refractivity contribution in [3.05, 3.63) is 58.6 Å². The zero-order valence-electron chi connectivity index (χ0n) is 12.1. The smallest absolute Gasteiger partial charge is 0.320 e. The molecule has 0 radical (unpaired) electrons. The van der Waals surface area contributed by atoms with Gasteiger partial charge in [0.2, 0.25) is 0 Å². The lowest BCUT2D eigenvalue weighted by molar-refractivity contribution is 0.170. The fourth-order valence-corrected chi connectivity index (χ4v) is 3.10. The minimum absolute atomic E-state index is 0.0188. The fraction of sp³-hybridized carbons (Fsp3) is 0.250. The van der Waals surface area contributed by atoms with E-state index < -0.39 is 0 Å². The van der Waals surface area contributed by atoms with Crippen LogP contribution in [0.25, 0.3) is 5.57 Å². The summed E-state index contributed by atoms with van der Waals surface area (Å²) in [5.74, 6) is 0. The van der Waals surface area contributed by atoms with Crippen LogP contribution in [0.2, 0.25) is 0 Å². The van der Waals surface area contributed by atoms with Crippen molar-refractivity contribution in [3.63, 3.8) is 0 Å². The van der Waals surface area contributed by atoms with Crippen LogP contribution in [0.4, 0.5) is 4.79 Å². The average molecular weight is 299 g/mol. The van der Waals surface area contributed by atoms with Crippen LogP contribution >= 0.6 is 11.3 Å². The van der Waals surface area contributed by atoms with Crippen LogP contribution in [0.3, 0.4) is 0 Å². The van der Waals surface area contributed by atoms with Crippen LogP contribution in [0.1, 0.15) is 17.3 Å². The first-order valence-electron chi connectivity index (χ1n) is 6.79. The molecule has 2 aromatic rings. The topological polar surface area (TPSA) is 36.4 Å². The third-order valence-corrected chi connectivity index (χ3v) is 4.15. The normalized spacial score (nSPS) is 17.7. The van der Waals surface area contributed by atoms with Crippen LogP contribution in [-0.2, 0) is 0 Å². The highest BCUT2D eigenvalue weighted by Crippen LogP contribution is 2.34. The van der Waals surface area contributed by atoms with E-state index in [1.165, 1.54) is 0 Å². The number of carbonyl (C=O) groups excluding carboxylic acids is 1. The number of urea groups is 1. The number of nitrogens with zero attached hydrogens (tertiary/aromatic N) is 3. The van der Waals surface area contributed by atoms with Crippen molar-refractivity contribution >= 4 is 22.9 Å². The third-order valence-electron chi connectivity index (χ3n) is 3.57. The first kappa shape index (κ1) is 13.8. The maximum absolute atomic E-state index is 12.4. The molecule has 0 unspecified atom stereocenters. The van der Waals surface area contributed by atoms with E-state index >= 15 is 0 Å². The summed E-state index contributed by atoms with van der Waals surface area (Å²) in [6.45, 7) is 0.598. The zero-order chi connectivity index (χ0) is 14.8. The second kappa shape index (κ2) is 5.69. The Kier molecular flexibility index (Phi) is 3.75. The molecular weight excluding hydrogens is 282 g/mol. The Morgan fingerprint density at radius 2 is 2.10 bits per heavy atom. The lowest BCUT2D eigenvalue weighted by Crippen LogP contribution is -2.39. The van der Waals surface area contributed by atoms with Crippen LogP contribution in [0.15, 0.2) is 47.3 Å². The van der Waals surface area contributed by atoms with Crippen LogP contribution in [0.5, 0.6) is 0 Å². The second-order valence-corrected chi connectivity index (χ2v) is 5.94. The highest BCUT2D eigenvalue weighted by atomic mass is 32.1. The van der Waals surface area contributed by atoms with E-state index in [-0.39, 0.29) is 12.1 Å². The molecular formula is C16H17N3OS. The van der Waals surface area contributed by atoms with Gasteiger partial charge in [-0.3, -0.25) is 0 Å². The Morgan fingerprint density at radius 3 is 2.71 bits per heavy atom. The van der Waals surface area contributed by atoms with Gasteiger partial charge in [0.1, 0.15) is 0 Å². The largest absolute Gasteiger partial charge is 0.331 e. The molecule has 0 bridgehead atoms. The molecule has 0 N–H and O–H groups in total. The molecule has 108 valence electrons. The molecule has 0 aliphatic carbocycles. The van der Waals surface area contributed by atoms with Crippen molar-refractivity contribution in [1.82, 2.24) is 14.8 Å². The zero-order valence-corrected chi connectivity index (χ0v) is 12.9. The van der Waals surface area contributed by atoms with Crippen molar-refractivity contribution in [2.45, 2.75) is 6.04 Å². The monoisotopic (exact) mass is 299 g/mol. The summed E-state index contributed by atoms with van der Waals surface area (Å²) in [5, 5.41) is 2.03. The fourth-order valence-electron chi connectivity index (χ4n) is 2.52. The number of carbonyl (C=O) groups is 1. The summed E-state index contributed by atoms with van der Waals surface area (Å²) in [6.07, 6.45) is 2.14. The van der Waals surface area contributed by atoms with E-state index in [1.807, 2.05) is 34.0 Å². The van der Waals surface area contributed by atoms with Crippen molar-refractivity contribution < 1.29 is 4.79 Å². The molecule has 0 spiro atoms. The number of thiazole rings is 1. The van der Waals surface area contributed by atoms with E-state index in [0.29, 0.717) is 6.54 Å². The molecule has 0 saturated heterocycles. The van der Waals surface area contributed by atoms with Gasteiger partial charge >= 0.3 is 6.03 Å². The summed E-state index contributed by atoms with van der Waals surface area (Å²) >= 11 is 1.57. The maximum Gasteiger partial charge on any atom is 0.320 e. The summed E-state index contributed by atoms with van der Waals surface area (Å²) in [4.78, 5) is 20.3. The highest BCUT2D eigenvalue weighted by molar-refractivity contribution is 7.07.